The summed E-state index contributed by atoms with van der Waals surface area (Å²) in [6, 6.07) is 19.7. The highest BCUT2D eigenvalue weighted by Crippen LogP contribution is 2.27. The molecular weight excluding hydrogens is 328 g/mol. The van der Waals surface area contributed by atoms with Crippen molar-refractivity contribution in [2.24, 2.45) is 0 Å². The average molecular weight is 350 g/mol. The van der Waals surface area contributed by atoms with E-state index in [9.17, 15) is 4.79 Å². The van der Waals surface area contributed by atoms with Gasteiger partial charge in [-0.2, -0.15) is 0 Å². The summed E-state index contributed by atoms with van der Waals surface area (Å²) in [5.74, 6) is 1.26. The van der Waals surface area contributed by atoms with Gasteiger partial charge >= 0.3 is 0 Å². The Labute approximate surface area is 152 Å². The minimum absolute atomic E-state index is 0.0816. The number of hydrogen-bond donors (Lipinski definition) is 2. The SMILES string of the molecule is COc1ccc(CNNC(=O)Cc2cccc3ccccc23)cc1OC. The molecule has 0 aromatic heterocycles. The van der Waals surface area contributed by atoms with Crippen LogP contribution in [0.4, 0.5) is 0 Å². The molecule has 134 valence electrons. The number of methoxy groups -OCH3 is 2. The molecule has 0 radical (unpaired) electrons. The predicted molar refractivity (Wildman–Crippen MR) is 102 cm³/mol. The predicted octanol–water partition coefficient (Wildman–Crippen LogP) is 3.22. The number of hydrazine groups is 1. The first-order chi connectivity index (χ1) is 12.7. The summed E-state index contributed by atoms with van der Waals surface area (Å²) in [5.41, 5.74) is 7.70. The van der Waals surface area contributed by atoms with Crippen LogP contribution in [0.2, 0.25) is 0 Å². The van der Waals surface area contributed by atoms with E-state index in [1.165, 1.54) is 0 Å². The first-order valence-corrected chi connectivity index (χ1v) is 8.40. The van der Waals surface area contributed by atoms with Gasteiger partial charge in [-0.05, 0) is 34.0 Å². The lowest BCUT2D eigenvalue weighted by molar-refractivity contribution is -0.121. The molecular formula is C21H22N2O3. The van der Waals surface area contributed by atoms with Crippen LogP contribution in [-0.4, -0.2) is 20.1 Å². The maximum atomic E-state index is 12.3. The molecule has 5 nitrogen and oxygen atoms in total. The van der Waals surface area contributed by atoms with Crippen molar-refractivity contribution in [2.75, 3.05) is 14.2 Å². The Bertz CT molecular complexity index is 903. The average Bonchev–Trinajstić information content (AvgIpc) is 2.68. The highest BCUT2D eigenvalue weighted by Gasteiger charge is 2.07. The van der Waals surface area contributed by atoms with Crippen molar-refractivity contribution in [1.29, 1.82) is 0 Å². The number of fused-ring (bicyclic) bond motifs is 1. The summed E-state index contributed by atoms with van der Waals surface area (Å²) in [4.78, 5) is 12.3. The van der Waals surface area contributed by atoms with Crippen LogP contribution in [0, 0.1) is 0 Å². The van der Waals surface area contributed by atoms with Gasteiger partial charge in [-0.1, -0.05) is 48.5 Å². The minimum Gasteiger partial charge on any atom is -0.493 e. The second kappa shape index (κ2) is 8.36. The quantitative estimate of drug-likeness (QED) is 0.643. The molecule has 3 aromatic carbocycles. The van der Waals surface area contributed by atoms with E-state index in [-0.39, 0.29) is 5.91 Å². The summed E-state index contributed by atoms with van der Waals surface area (Å²) in [5, 5.41) is 2.24. The van der Waals surface area contributed by atoms with Gasteiger partial charge in [-0.3, -0.25) is 10.2 Å². The third-order valence-electron chi connectivity index (χ3n) is 4.20. The van der Waals surface area contributed by atoms with Gasteiger partial charge in [0.25, 0.3) is 0 Å². The number of rotatable bonds is 7. The van der Waals surface area contributed by atoms with Gasteiger partial charge in [0.05, 0.1) is 20.6 Å². The van der Waals surface area contributed by atoms with Crippen LogP contribution in [0.3, 0.4) is 0 Å². The number of carbonyl (C=O) groups excluding carboxylic acids is 1. The number of carbonyl (C=O) groups is 1. The zero-order valence-electron chi connectivity index (χ0n) is 14.9. The normalized spacial score (nSPS) is 10.5. The van der Waals surface area contributed by atoms with Gasteiger partial charge in [-0.15, -0.1) is 0 Å². The highest BCUT2D eigenvalue weighted by molar-refractivity contribution is 5.90. The van der Waals surface area contributed by atoms with Crippen molar-refractivity contribution in [1.82, 2.24) is 10.9 Å². The van der Waals surface area contributed by atoms with Crippen LogP contribution in [0.5, 0.6) is 11.5 Å². The molecule has 26 heavy (non-hydrogen) atoms. The largest absolute Gasteiger partial charge is 0.493 e. The van der Waals surface area contributed by atoms with E-state index < -0.39 is 0 Å². The summed E-state index contributed by atoms with van der Waals surface area (Å²) in [6.07, 6.45) is 0.320. The van der Waals surface area contributed by atoms with Crippen molar-refractivity contribution >= 4 is 16.7 Å². The first kappa shape index (κ1) is 17.8. The second-order valence-electron chi connectivity index (χ2n) is 5.91. The van der Waals surface area contributed by atoms with Crippen LogP contribution in [0.15, 0.2) is 60.7 Å². The van der Waals surface area contributed by atoms with Crippen molar-refractivity contribution in [3.8, 4) is 11.5 Å². The lowest BCUT2D eigenvalue weighted by Crippen LogP contribution is -2.37. The van der Waals surface area contributed by atoms with Gasteiger partial charge < -0.3 is 9.47 Å². The van der Waals surface area contributed by atoms with E-state index in [1.807, 2.05) is 60.7 Å². The summed E-state index contributed by atoms with van der Waals surface area (Å²) in [6.45, 7) is 0.488. The lowest BCUT2D eigenvalue weighted by Gasteiger charge is -2.11. The fourth-order valence-corrected chi connectivity index (χ4v) is 2.90. The minimum atomic E-state index is -0.0816. The zero-order valence-corrected chi connectivity index (χ0v) is 14.9. The third-order valence-corrected chi connectivity index (χ3v) is 4.20. The van der Waals surface area contributed by atoms with E-state index in [0.717, 1.165) is 21.9 Å². The zero-order chi connectivity index (χ0) is 18.4. The molecule has 0 unspecified atom stereocenters. The van der Waals surface area contributed by atoms with Crippen molar-refractivity contribution < 1.29 is 14.3 Å². The van der Waals surface area contributed by atoms with Crippen LogP contribution < -0.4 is 20.3 Å². The monoisotopic (exact) mass is 350 g/mol. The number of amides is 1. The maximum absolute atomic E-state index is 12.3. The van der Waals surface area contributed by atoms with Crippen LogP contribution >= 0.6 is 0 Å². The summed E-state index contributed by atoms with van der Waals surface area (Å²) in [7, 11) is 3.20. The Morgan fingerprint density at radius 3 is 2.50 bits per heavy atom. The van der Waals surface area contributed by atoms with Crippen LogP contribution in [0.25, 0.3) is 10.8 Å². The summed E-state index contributed by atoms with van der Waals surface area (Å²) < 4.78 is 10.5. The Balaban J connectivity index is 1.57. The van der Waals surface area contributed by atoms with Crippen molar-refractivity contribution in [2.45, 2.75) is 13.0 Å². The molecule has 5 heteroatoms. The maximum Gasteiger partial charge on any atom is 0.238 e. The molecule has 0 atom stereocenters. The van der Waals surface area contributed by atoms with Crippen LogP contribution in [0.1, 0.15) is 11.1 Å². The van der Waals surface area contributed by atoms with Gasteiger partial charge in [0, 0.05) is 6.54 Å². The van der Waals surface area contributed by atoms with E-state index in [0.29, 0.717) is 24.5 Å². The van der Waals surface area contributed by atoms with E-state index in [2.05, 4.69) is 10.9 Å². The molecule has 3 rings (SSSR count). The van der Waals surface area contributed by atoms with E-state index in [1.54, 1.807) is 14.2 Å². The molecule has 0 fully saturated rings. The smallest absolute Gasteiger partial charge is 0.238 e. The van der Waals surface area contributed by atoms with E-state index in [4.69, 9.17) is 9.47 Å². The first-order valence-electron chi connectivity index (χ1n) is 8.40. The Hall–Kier alpha value is -3.05. The number of nitrogens with one attached hydrogen (secondary N) is 2. The summed E-state index contributed by atoms with van der Waals surface area (Å²) >= 11 is 0. The molecule has 0 heterocycles. The van der Waals surface area contributed by atoms with Gasteiger partial charge in [0.1, 0.15) is 0 Å². The second-order valence-corrected chi connectivity index (χ2v) is 5.91. The Morgan fingerprint density at radius 1 is 0.923 bits per heavy atom. The Morgan fingerprint density at radius 2 is 1.69 bits per heavy atom. The van der Waals surface area contributed by atoms with Gasteiger partial charge in [0.2, 0.25) is 5.91 Å². The van der Waals surface area contributed by atoms with Crippen molar-refractivity contribution in [3.63, 3.8) is 0 Å². The number of hydrogen-bond acceptors (Lipinski definition) is 4. The van der Waals surface area contributed by atoms with E-state index >= 15 is 0 Å². The molecule has 1 amide bonds. The number of ether oxygens (including phenoxy) is 2. The molecule has 0 saturated carbocycles. The topological polar surface area (TPSA) is 59.6 Å². The van der Waals surface area contributed by atoms with Crippen LogP contribution in [-0.2, 0) is 17.8 Å². The molecule has 0 aliphatic heterocycles. The number of benzene rings is 3. The lowest BCUT2D eigenvalue weighted by atomic mass is 10.0. The molecule has 3 aromatic rings. The molecule has 2 N–H and O–H groups in total. The van der Waals surface area contributed by atoms with Crippen molar-refractivity contribution in [3.05, 3.63) is 71.8 Å². The standard InChI is InChI=1S/C21H22N2O3/c1-25-19-11-10-15(12-20(19)26-2)14-22-23-21(24)13-17-8-5-7-16-6-3-4-9-18(16)17/h3-12,22H,13-14H2,1-2H3,(H,23,24). The highest BCUT2D eigenvalue weighted by atomic mass is 16.5. The molecule has 0 aliphatic rings. The molecule has 0 spiro atoms. The fraction of sp³-hybridized carbons (Fsp3) is 0.190. The molecule has 0 aliphatic carbocycles. The Kier molecular flexibility index (Phi) is 5.71. The molecule has 0 saturated heterocycles. The molecule has 0 bridgehead atoms. The fourth-order valence-electron chi connectivity index (χ4n) is 2.90. The third kappa shape index (κ3) is 4.13. The van der Waals surface area contributed by atoms with Gasteiger partial charge in [-0.25, -0.2) is 5.43 Å². The van der Waals surface area contributed by atoms with Gasteiger partial charge in [0.15, 0.2) is 11.5 Å².